The maximum absolute atomic E-state index is 13.1. The molecule has 0 spiro atoms. The minimum Gasteiger partial charge on any atom is -0.493 e. The number of methoxy groups -OCH3 is 1. The van der Waals surface area contributed by atoms with E-state index < -0.39 is 21.8 Å². The molecule has 0 aromatic heterocycles. The molecule has 3 aromatic carbocycles. The maximum atomic E-state index is 13.1. The monoisotopic (exact) mass is 504 g/mol. The summed E-state index contributed by atoms with van der Waals surface area (Å²) in [4.78, 5) is 12.6. The number of aliphatic hydroxyl groups is 1. The van der Waals surface area contributed by atoms with Crippen LogP contribution in [0.25, 0.3) is 0 Å². The molecule has 180 valence electrons. The van der Waals surface area contributed by atoms with Crippen LogP contribution in [0.2, 0.25) is 5.02 Å². The number of hydrogen-bond acceptors (Lipinski definition) is 6. The SMILES string of the molecule is CCOc1cc(NC(=O)[C@@H](CO)c2ccccc2)ccc1S(=O)(=O)Nc1cccc(Cl)c1OC. The maximum Gasteiger partial charge on any atom is 0.265 e. The first-order valence-corrected chi connectivity index (χ1v) is 12.3. The number of halogens is 1. The van der Waals surface area contributed by atoms with Gasteiger partial charge >= 0.3 is 0 Å². The third kappa shape index (κ3) is 5.80. The molecule has 0 radical (unpaired) electrons. The van der Waals surface area contributed by atoms with E-state index in [9.17, 15) is 18.3 Å². The molecule has 3 rings (SSSR count). The van der Waals surface area contributed by atoms with E-state index in [1.807, 2.05) is 6.07 Å². The zero-order valence-electron chi connectivity index (χ0n) is 18.6. The van der Waals surface area contributed by atoms with Gasteiger partial charge in [0.15, 0.2) is 5.75 Å². The number of ether oxygens (including phenoxy) is 2. The second kappa shape index (κ2) is 11.2. The van der Waals surface area contributed by atoms with Crippen molar-refractivity contribution in [3.05, 3.63) is 77.3 Å². The Morgan fingerprint density at radius 1 is 1.09 bits per heavy atom. The van der Waals surface area contributed by atoms with Gasteiger partial charge in [-0.1, -0.05) is 48.0 Å². The Bertz CT molecular complexity index is 1250. The van der Waals surface area contributed by atoms with Crippen LogP contribution in [0.4, 0.5) is 11.4 Å². The summed E-state index contributed by atoms with van der Waals surface area (Å²) in [5.74, 6) is -0.981. The van der Waals surface area contributed by atoms with Crippen molar-refractivity contribution >= 4 is 38.9 Å². The minimum absolute atomic E-state index is 0.0501. The Morgan fingerprint density at radius 2 is 1.82 bits per heavy atom. The fourth-order valence-electron chi connectivity index (χ4n) is 3.33. The highest BCUT2D eigenvalue weighted by Gasteiger charge is 2.24. The van der Waals surface area contributed by atoms with Crippen molar-refractivity contribution in [2.75, 3.05) is 30.4 Å². The van der Waals surface area contributed by atoms with Crippen LogP contribution in [0.1, 0.15) is 18.4 Å². The van der Waals surface area contributed by atoms with E-state index in [0.29, 0.717) is 11.3 Å². The Labute approximate surface area is 203 Å². The van der Waals surface area contributed by atoms with Crippen LogP contribution < -0.4 is 19.5 Å². The average molecular weight is 505 g/mol. The third-order valence-corrected chi connectivity index (χ3v) is 6.62. The van der Waals surface area contributed by atoms with Crippen LogP contribution in [0.5, 0.6) is 11.5 Å². The molecule has 0 aliphatic heterocycles. The summed E-state index contributed by atoms with van der Waals surface area (Å²) >= 11 is 6.09. The number of carbonyl (C=O) groups is 1. The first-order valence-electron chi connectivity index (χ1n) is 10.4. The molecule has 1 amide bonds. The fraction of sp³-hybridized carbons (Fsp3) is 0.208. The number of carbonyl (C=O) groups excluding carboxylic acids is 1. The van der Waals surface area contributed by atoms with E-state index >= 15 is 0 Å². The highest BCUT2D eigenvalue weighted by atomic mass is 35.5. The number of aliphatic hydroxyl groups excluding tert-OH is 1. The molecule has 3 N–H and O–H groups in total. The fourth-order valence-corrected chi connectivity index (χ4v) is 4.77. The van der Waals surface area contributed by atoms with Gasteiger partial charge < -0.3 is 19.9 Å². The van der Waals surface area contributed by atoms with Crippen LogP contribution >= 0.6 is 11.6 Å². The summed E-state index contributed by atoms with van der Waals surface area (Å²) < 4.78 is 39.5. The number of nitrogens with one attached hydrogen (secondary N) is 2. The van der Waals surface area contributed by atoms with E-state index in [1.54, 1.807) is 43.3 Å². The van der Waals surface area contributed by atoms with Gasteiger partial charge in [-0.25, -0.2) is 8.42 Å². The number of sulfonamides is 1. The summed E-state index contributed by atoms with van der Waals surface area (Å²) in [7, 11) is -2.70. The first kappa shape index (κ1) is 25.4. The van der Waals surface area contributed by atoms with E-state index in [4.69, 9.17) is 21.1 Å². The largest absolute Gasteiger partial charge is 0.493 e. The molecule has 0 saturated heterocycles. The molecule has 0 saturated carbocycles. The van der Waals surface area contributed by atoms with Gasteiger partial charge in [-0.15, -0.1) is 0 Å². The van der Waals surface area contributed by atoms with Gasteiger partial charge in [0, 0.05) is 11.8 Å². The van der Waals surface area contributed by atoms with Gasteiger partial charge in [-0.05, 0) is 36.8 Å². The second-order valence-electron chi connectivity index (χ2n) is 7.16. The number of anilines is 2. The van der Waals surface area contributed by atoms with Crippen LogP contribution in [-0.4, -0.2) is 39.8 Å². The topological polar surface area (TPSA) is 114 Å². The molecule has 8 nitrogen and oxygen atoms in total. The van der Waals surface area contributed by atoms with Crippen molar-refractivity contribution in [2.45, 2.75) is 17.7 Å². The molecule has 10 heteroatoms. The predicted octanol–water partition coefficient (Wildman–Crippen LogP) is 4.26. The van der Waals surface area contributed by atoms with Gasteiger partial charge in [-0.2, -0.15) is 0 Å². The number of rotatable bonds is 10. The Balaban J connectivity index is 1.89. The molecule has 3 aromatic rings. The summed E-state index contributed by atoms with van der Waals surface area (Å²) in [6, 6.07) is 17.8. The third-order valence-electron chi connectivity index (χ3n) is 4.92. The molecular weight excluding hydrogens is 480 g/mol. The number of amides is 1. The molecule has 0 bridgehead atoms. The van der Waals surface area contributed by atoms with Gasteiger partial charge in [0.25, 0.3) is 10.0 Å². The highest BCUT2D eigenvalue weighted by molar-refractivity contribution is 7.92. The summed E-state index contributed by atoms with van der Waals surface area (Å²) in [5, 5.41) is 12.7. The minimum atomic E-state index is -4.09. The number of benzene rings is 3. The Kier molecular flexibility index (Phi) is 8.38. The number of para-hydroxylation sites is 1. The molecule has 0 aliphatic rings. The quantitative estimate of drug-likeness (QED) is 0.380. The number of hydrogen-bond donors (Lipinski definition) is 3. The van der Waals surface area contributed by atoms with E-state index in [-0.39, 0.29) is 40.3 Å². The highest BCUT2D eigenvalue weighted by Crippen LogP contribution is 2.36. The normalized spacial score (nSPS) is 12.0. The molecule has 1 atom stereocenters. The molecule has 0 unspecified atom stereocenters. The lowest BCUT2D eigenvalue weighted by atomic mass is 9.99. The van der Waals surface area contributed by atoms with E-state index in [2.05, 4.69) is 10.0 Å². The van der Waals surface area contributed by atoms with E-state index in [1.165, 1.54) is 31.4 Å². The second-order valence-corrected chi connectivity index (χ2v) is 9.21. The van der Waals surface area contributed by atoms with Gasteiger partial charge in [0.05, 0.1) is 37.0 Å². The molecule has 34 heavy (non-hydrogen) atoms. The van der Waals surface area contributed by atoms with Crippen LogP contribution in [0, 0.1) is 0 Å². The summed E-state index contributed by atoms with van der Waals surface area (Å²) in [6.45, 7) is 1.53. The zero-order chi connectivity index (χ0) is 24.7. The van der Waals surface area contributed by atoms with Crippen molar-refractivity contribution in [2.24, 2.45) is 0 Å². The summed E-state index contributed by atoms with van der Waals surface area (Å²) in [6.07, 6.45) is 0. The smallest absolute Gasteiger partial charge is 0.265 e. The molecule has 0 heterocycles. The molecule has 0 fully saturated rings. The van der Waals surface area contributed by atoms with Gasteiger partial charge in [-0.3, -0.25) is 9.52 Å². The van der Waals surface area contributed by atoms with Crippen LogP contribution in [0.15, 0.2) is 71.6 Å². The first-order chi connectivity index (χ1) is 16.3. The van der Waals surface area contributed by atoms with Crippen LogP contribution in [-0.2, 0) is 14.8 Å². The van der Waals surface area contributed by atoms with Gasteiger partial charge in [0.2, 0.25) is 5.91 Å². The lowest BCUT2D eigenvalue weighted by molar-refractivity contribution is -0.118. The lowest BCUT2D eigenvalue weighted by Gasteiger charge is -2.18. The average Bonchev–Trinajstić information content (AvgIpc) is 2.80. The van der Waals surface area contributed by atoms with Gasteiger partial charge in [0.1, 0.15) is 10.6 Å². The Morgan fingerprint density at radius 3 is 2.47 bits per heavy atom. The standard InChI is InChI=1S/C24H25ClN2O6S/c1-3-33-21-14-17(26-24(29)18(15-28)16-8-5-4-6-9-16)12-13-22(21)34(30,31)27-20-11-7-10-19(25)23(20)32-2/h4-14,18,27-28H,3,15H2,1-2H3,(H,26,29)/t18-/m0/s1. The lowest BCUT2D eigenvalue weighted by Crippen LogP contribution is -2.24. The van der Waals surface area contributed by atoms with E-state index in [0.717, 1.165) is 0 Å². The van der Waals surface area contributed by atoms with Crippen molar-refractivity contribution in [3.63, 3.8) is 0 Å². The van der Waals surface area contributed by atoms with Crippen molar-refractivity contribution in [1.82, 2.24) is 0 Å². The van der Waals surface area contributed by atoms with Crippen molar-refractivity contribution in [3.8, 4) is 11.5 Å². The molecule has 0 aliphatic carbocycles. The Hall–Kier alpha value is -3.27. The van der Waals surface area contributed by atoms with Crippen LogP contribution in [0.3, 0.4) is 0 Å². The van der Waals surface area contributed by atoms with Crippen molar-refractivity contribution in [1.29, 1.82) is 0 Å². The predicted molar refractivity (Wildman–Crippen MR) is 131 cm³/mol. The van der Waals surface area contributed by atoms with Crippen molar-refractivity contribution < 1.29 is 27.8 Å². The summed E-state index contributed by atoms with van der Waals surface area (Å²) in [5.41, 5.74) is 1.15. The molecular formula is C24H25ClN2O6S. The zero-order valence-corrected chi connectivity index (χ0v) is 20.2.